The first-order valence-corrected chi connectivity index (χ1v) is 5.17. The molecule has 0 bridgehead atoms. The number of ether oxygens (including phenoxy) is 1. The van der Waals surface area contributed by atoms with Crippen molar-refractivity contribution in [3.63, 3.8) is 0 Å². The summed E-state index contributed by atoms with van der Waals surface area (Å²) in [7, 11) is 3.28. The van der Waals surface area contributed by atoms with Gasteiger partial charge in [-0.3, -0.25) is 0 Å². The Morgan fingerprint density at radius 1 is 1.75 bits per heavy atom. The van der Waals surface area contributed by atoms with Crippen LogP contribution in [0.3, 0.4) is 0 Å². The zero-order valence-electron chi connectivity index (χ0n) is 9.47. The van der Waals surface area contributed by atoms with E-state index in [2.05, 4.69) is 0 Å². The van der Waals surface area contributed by atoms with Gasteiger partial charge in [0.1, 0.15) is 11.3 Å². The number of likely N-dealkylation sites (N-methyl/N-ethyl adjacent to an activating group) is 1. The Hall–Kier alpha value is -1.33. The van der Waals surface area contributed by atoms with Gasteiger partial charge in [-0.05, 0) is 19.2 Å². The van der Waals surface area contributed by atoms with Crippen LogP contribution in [0.25, 0.3) is 0 Å². The molecule has 1 aliphatic rings. The van der Waals surface area contributed by atoms with Gasteiger partial charge in [0.15, 0.2) is 0 Å². The third kappa shape index (κ3) is 1.62. The normalized spacial score (nSPS) is 30.6. The van der Waals surface area contributed by atoms with Gasteiger partial charge in [-0.15, -0.1) is 0 Å². The van der Waals surface area contributed by atoms with Gasteiger partial charge in [0.25, 0.3) is 0 Å². The Morgan fingerprint density at radius 3 is 3.06 bits per heavy atom. The number of hydrogen-bond donors (Lipinski definition) is 1. The van der Waals surface area contributed by atoms with Crippen LogP contribution in [0, 0.1) is 0 Å². The number of methoxy groups -OCH3 is 1. The van der Waals surface area contributed by atoms with Crippen LogP contribution >= 0.6 is 0 Å². The standard InChI is InChI=1S/C11H16N2O3/c1-13-6-8(9-4-3-5-16-9)11(12,7-13)10(14)15-2/h3-5,8H,6-7,12H2,1-2H3/t8-,11+/m1/s1. The minimum atomic E-state index is -1.01. The fraction of sp³-hybridized carbons (Fsp3) is 0.545. The molecule has 1 fully saturated rings. The van der Waals surface area contributed by atoms with E-state index in [0.717, 1.165) is 5.76 Å². The van der Waals surface area contributed by atoms with Crippen LogP contribution in [-0.2, 0) is 9.53 Å². The van der Waals surface area contributed by atoms with E-state index >= 15 is 0 Å². The molecule has 0 spiro atoms. The second-order valence-corrected chi connectivity index (χ2v) is 4.30. The van der Waals surface area contributed by atoms with Crippen molar-refractivity contribution in [2.24, 2.45) is 5.73 Å². The third-order valence-corrected chi connectivity index (χ3v) is 3.10. The molecule has 5 nitrogen and oxygen atoms in total. The molecule has 0 radical (unpaired) electrons. The molecule has 0 unspecified atom stereocenters. The molecule has 0 amide bonds. The average Bonchev–Trinajstić information content (AvgIpc) is 2.85. The Morgan fingerprint density at radius 2 is 2.50 bits per heavy atom. The summed E-state index contributed by atoms with van der Waals surface area (Å²) in [6.07, 6.45) is 1.59. The SMILES string of the molecule is COC(=O)[C@]1(N)CN(C)C[C@@H]1c1ccco1. The summed E-state index contributed by atoms with van der Waals surface area (Å²) in [5, 5.41) is 0. The first-order chi connectivity index (χ1) is 7.58. The monoisotopic (exact) mass is 224 g/mol. The molecule has 0 aliphatic carbocycles. The van der Waals surface area contributed by atoms with Crippen molar-refractivity contribution in [1.82, 2.24) is 4.90 Å². The van der Waals surface area contributed by atoms with Crippen molar-refractivity contribution in [3.8, 4) is 0 Å². The predicted octanol–water partition coefficient (Wildman–Crippen LogP) is 0.179. The van der Waals surface area contributed by atoms with Gasteiger partial charge in [-0.1, -0.05) is 0 Å². The minimum Gasteiger partial charge on any atom is -0.469 e. The van der Waals surface area contributed by atoms with Crippen molar-refractivity contribution < 1.29 is 13.9 Å². The first-order valence-electron chi connectivity index (χ1n) is 5.17. The molecule has 88 valence electrons. The maximum absolute atomic E-state index is 11.8. The van der Waals surface area contributed by atoms with Gasteiger partial charge >= 0.3 is 5.97 Å². The highest BCUT2D eigenvalue weighted by Crippen LogP contribution is 2.34. The molecule has 1 aromatic rings. The highest BCUT2D eigenvalue weighted by atomic mass is 16.5. The Bertz CT molecular complexity index is 377. The Labute approximate surface area is 94.1 Å². The summed E-state index contributed by atoms with van der Waals surface area (Å²) >= 11 is 0. The number of nitrogens with two attached hydrogens (primary N) is 1. The smallest absolute Gasteiger partial charge is 0.327 e. The topological polar surface area (TPSA) is 68.7 Å². The van der Waals surface area contributed by atoms with Crippen LogP contribution < -0.4 is 5.73 Å². The van der Waals surface area contributed by atoms with E-state index in [9.17, 15) is 4.79 Å². The lowest BCUT2D eigenvalue weighted by molar-refractivity contribution is -0.147. The number of likely N-dealkylation sites (tertiary alicyclic amines) is 1. The highest BCUT2D eigenvalue weighted by molar-refractivity contribution is 5.83. The molecule has 2 atom stereocenters. The maximum atomic E-state index is 11.8. The summed E-state index contributed by atoms with van der Waals surface area (Å²) in [6.45, 7) is 1.17. The Balaban J connectivity index is 2.33. The van der Waals surface area contributed by atoms with E-state index < -0.39 is 11.5 Å². The number of carbonyl (C=O) groups excluding carboxylic acids is 1. The van der Waals surface area contributed by atoms with Gasteiger partial charge in [0.2, 0.25) is 0 Å². The molecule has 1 aromatic heterocycles. The first kappa shape index (κ1) is 11.2. The zero-order valence-corrected chi connectivity index (χ0v) is 9.47. The molecule has 5 heteroatoms. The Kier molecular flexibility index (Phi) is 2.73. The average molecular weight is 224 g/mol. The lowest BCUT2D eigenvalue weighted by Gasteiger charge is -2.25. The van der Waals surface area contributed by atoms with Gasteiger partial charge in [0.05, 0.1) is 19.3 Å². The lowest BCUT2D eigenvalue weighted by Crippen LogP contribution is -2.54. The lowest BCUT2D eigenvalue weighted by atomic mass is 9.86. The van der Waals surface area contributed by atoms with Crippen LogP contribution in [0.15, 0.2) is 22.8 Å². The molecular formula is C11H16N2O3. The van der Waals surface area contributed by atoms with Crippen molar-refractivity contribution in [3.05, 3.63) is 24.2 Å². The summed E-state index contributed by atoms with van der Waals surface area (Å²) in [6, 6.07) is 3.64. The van der Waals surface area contributed by atoms with E-state index in [4.69, 9.17) is 14.9 Å². The summed E-state index contributed by atoms with van der Waals surface area (Å²) in [5.74, 6) is 0.190. The van der Waals surface area contributed by atoms with E-state index in [1.54, 1.807) is 12.3 Å². The molecule has 0 saturated carbocycles. The maximum Gasteiger partial charge on any atom is 0.327 e. The van der Waals surface area contributed by atoms with E-state index in [0.29, 0.717) is 13.1 Å². The van der Waals surface area contributed by atoms with Gasteiger partial charge in [-0.25, -0.2) is 4.79 Å². The quantitative estimate of drug-likeness (QED) is 0.726. The number of carbonyl (C=O) groups is 1. The third-order valence-electron chi connectivity index (χ3n) is 3.10. The molecule has 1 aliphatic heterocycles. The second kappa shape index (κ2) is 3.92. The van der Waals surface area contributed by atoms with Crippen LogP contribution in [0.5, 0.6) is 0 Å². The van der Waals surface area contributed by atoms with Crippen molar-refractivity contribution in [2.75, 3.05) is 27.2 Å². The molecule has 1 saturated heterocycles. The number of furan rings is 1. The van der Waals surface area contributed by atoms with Gasteiger partial charge in [-0.2, -0.15) is 0 Å². The van der Waals surface area contributed by atoms with Crippen molar-refractivity contribution in [2.45, 2.75) is 11.5 Å². The van der Waals surface area contributed by atoms with Crippen LogP contribution in [0.1, 0.15) is 11.7 Å². The van der Waals surface area contributed by atoms with Gasteiger partial charge in [0, 0.05) is 13.1 Å². The fourth-order valence-corrected chi connectivity index (χ4v) is 2.33. The summed E-state index contributed by atoms with van der Waals surface area (Å²) in [4.78, 5) is 13.8. The summed E-state index contributed by atoms with van der Waals surface area (Å²) < 4.78 is 10.1. The molecule has 2 rings (SSSR count). The van der Waals surface area contributed by atoms with E-state index in [-0.39, 0.29) is 5.92 Å². The molecule has 2 heterocycles. The molecule has 16 heavy (non-hydrogen) atoms. The number of rotatable bonds is 2. The van der Waals surface area contributed by atoms with Crippen LogP contribution in [0.4, 0.5) is 0 Å². The number of nitrogens with zero attached hydrogens (tertiary/aromatic N) is 1. The molecule has 0 aromatic carbocycles. The van der Waals surface area contributed by atoms with Crippen LogP contribution in [-0.4, -0.2) is 43.7 Å². The molecular weight excluding hydrogens is 208 g/mol. The highest BCUT2D eigenvalue weighted by Gasteiger charge is 2.51. The summed E-state index contributed by atoms with van der Waals surface area (Å²) in [5.41, 5.74) is 5.15. The van der Waals surface area contributed by atoms with Crippen LogP contribution in [0.2, 0.25) is 0 Å². The predicted molar refractivity (Wildman–Crippen MR) is 57.9 cm³/mol. The molecule has 2 N–H and O–H groups in total. The zero-order chi connectivity index (χ0) is 11.8. The minimum absolute atomic E-state index is 0.153. The van der Waals surface area contributed by atoms with Gasteiger partial charge < -0.3 is 19.8 Å². The number of hydrogen-bond acceptors (Lipinski definition) is 5. The second-order valence-electron chi connectivity index (χ2n) is 4.30. The largest absolute Gasteiger partial charge is 0.469 e. The number of esters is 1. The fourth-order valence-electron chi connectivity index (χ4n) is 2.33. The van der Waals surface area contributed by atoms with Crippen molar-refractivity contribution in [1.29, 1.82) is 0 Å². The van der Waals surface area contributed by atoms with E-state index in [1.165, 1.54) is 7.11 Å². The van der Waals surface area contributed by atoms with E-state index in [1.807, 2.05) is 18.0 Å². The van der Waals surface area contributed by atoms with Crippen molar-refractivity contribution >= 4 is 5.97 Å².